The van der Waals surface area contributed by atoms with Crippen molar-refractivity contribution >= 4 is 10.9 Å². The summed E-state index contributed by atoms with van der Waals surface area (Å²) in [6, 6.07) is 23.8. The summed E-state index contributed by atoms with van der Waals surface area (Å²) in [5, 5.41) is 1.31. The van der Waals surface area contributed by atoms with Gasteiger partial charge in [0.25, 0.3) is 0 Å². The number of para-hydroxylation sites is 1. The summed E-state index contributed by atoms with van der Waals surface area (Å²) in [5.74, 6) is 1.75. The average Bonchev–Trinajstić information content (AvgIpc) is 3.46. The van der Waals surface area contributed by atoms with Gasteiger partial charge in [-0.1, -0.05) is 60.7 Å². The van der Waals surface area contributed by atoms with Crippen LogP contribution in [-0.4, -0.2) is 41.3 Å². The largest absolute Gasteiger partial charge is 0.485 e. The number of hydrogen-bond acceptors (Lipinski definition) is 4. The first-order chi connectivity index (χ1) is 19.1. The molecule has 4 aromatic rings. The predicted molar refractivity (Wildman–Crippen MR) is 153 cm³/mol. The Balaban J connectivity index is 1.37. The van der Waals surface area contributed by atoms with Gasteiger partial charge in [0.05, 0.1) is 11.1 Å². The highest BCUT2D eigenvalue weighted by atomic mass is 16.5. The number of nitrogens with zero attached hydrogens (tertiary/aromatic N) is 2. The summed E-state index contributed by atoms with van der Waals surface area (Å²) < 4.78 is 22.9. The first-order valence-electron chi connectivity index (χ1n) is 14.1. The van der Waals surface area contributed by atoms with Crippen LogP contribution in [0, 0.1) is 0 Å². The van der Waals surface area contributed by atoms with Gasteiger partial charge in [0.1, 0.15) is 12.2 Å². The first-order valence-corrected chi connectivity index (χ1v) is 14.1. The Morgan fingerprint density at radius 1 is 1.08 bits per heavy atom. The molecule has 1 saturated heterocycles. The fourth-order valence-electron chi connectivity index (χ4n) is 8.66. The maximum Gasteiger partial charge on any atom is 0.166 e. The third-order valence-electron chi connectivity index (χ3n) is 10.2. The molecule has 198 valence electrons. The smallest absolute Gasteiger partial charge is 0.166 e. The predicted octanol–water partition coefficient (Wildman–Crippen LogP) is 5.89. The summed E-state index contributed by atoms with van der Waals surface area (Å²) in [5.41, 5.74) is 7.05. The Labute approximate surface area is 229 Å². The summed E-state index contributed by atoms with van der Waals surface area (Å²) in [6.07, 6.45) is 4.67. The van der Waals surface area contributed by atoms with Crippen molar-refractivity contribution in [2.45, 2.75) is 49.0 Å². The maximum atomic E-state index is 7.19. The lowest BCUT2D eigenvalue weighted by atomic mass is 9.48. The SMILES string of the molecule is C=CCN1CC[C@]23c4c5ccc(OCc6ccccc6)c4O[C@H]2c2c(c4ccccc4n2C)C[C@@]3(OC)[C@@H]1C5. The summed E-state index contributed by atoms with van der Waals surface area (Å²) in [7, 11) is 4.13. The van der Waals surface area contributed by atoms with Gasteiger partial charge in [-0.15, -0.1) is 6.58 Å². The second-order valence-corrected chi connectivity index (χ2v) is 11.6. The van der Waals surface area contributed by atoms with Gasteiger partial charge in [0.15, 0.2) is 17.6 Å². The number of benzene rings is 3. The van der Waals surface area contributed by atoms with Crippen LogP contribution in [0.25, 0.3) is 10.9 Å². The van der Waals surface area contributed by atoms with Crippen LogP contribution < -0.4 is 9.47 Å². The Bertz CT molecular complexity index is 1620. The van der Waals surface area contributed by atoms with Crippen LogP contribution in [0.4, 0.5) is 0 Å². The lowest BCUT2D eigenvalue weighted by Crippen LogP contribution is -2.75. The summed E-state index contributed by atoms with van der Waals surface area (Å²) >= 11 is 0. The van der Waals surface area contributed by atoms with E-state index in [1.807, 2.05) is 19.3 Å². The van der Waals surface area contributed by atoms with Crippen molar-refractivity contribution in [3.8, 4) is 11.5 Å². The van der Waals surface area contributed by atoms with Gasteiger partial charge in [-0.3, -0.25) is 4.90 Å². The van der Waals surface area contributed by atoms with Gasteiger partial charge in [-0.25, -0.2) is 0 Å². The van der Waals surface area contributed by atoms with Crippen LogP contribution in [0.3, 0.4) is 0 Å². The Morgan fingerprint density at radius 3 is 2.72 bits per heavy atom. The third kappa shape index (κ3) is 2.82. The van der Waals surface area contributed by atoms with E-state index in [-0.39, 0.29) is 17.6 Å². The maximum absolute atomic E-state index is 7.19. The second kappa shape index (κ2) is 8.23. The molecule has 1 aromatic heterocycles. The van der Waals surface area contributed by atoms with E-state index in [4.69, 9.17) is 14.2 Å². The van der Waals surface area contributed by atoms with Crippen LogP contribution in [0.1, 0.15) is 40.5 Å². The molecule has 0 saturated carbocycles. The molecule has 4 atom stereocenters. The van der Waals surface area contributed by atoms with E-state index >= 15 is 0 Å². The van der Waals surface area contributed by atoms with Crippen molar-refractivity contribution in [1.82, 2.24) is 9.47 Å². The molecule has 8 rings (SSSR count). The molecule has 0 N–H and O–H groups in total. The zero-order valence-corrected chi connectivity index (χ0v) is 22.7. The van der Waals surface area contributed by atoms with E-state index in [2.05, 4.69) is 83.8 Å². The van der Waals surface area contributed by atoms with Crippen LogP contribution in [-0.2, 0) is 36.6 Å². The van der Waals surface area contributed by atoms with Crippen molar-refractivity contribution < 1.29 is 14.2 Å². The zero-order chi connectivity index (χ0) is 26.4. The van der Waals surface area contributed by atoms with Gasteiger partial charge in [-0.2, -0.15) is 0 Å². The molecular weight excluding hydrogens is 484 g/mol. The molecule has 5 heteroatoms. The fourth-order valence-corrected chi connectivity index (χ4v) is 8.66. The van der Waals surface area contributed by atoms with Crippen LogP contribution in [0.15, 0.2) is 79.4 Å². The first kappa shape index (κ1) is 23.4. The lowest BCUT2D eigenvalue weighted by Gasteiger charge is -2.64. The summed E-state index contributed by atoms with van der Waals surface area (Å²) in [4.78, 5) is 2.59. The number of methoxy groups -OCH3 is 1. The van der Waals surface area contributed by atoms with Gasteiger partial charge in [0, 0.05) is 56.2 Å². The van der Waals surface area contributed by atoms with Gasteiger partial charge < -0.3 is 18.8 Å². The van der Waals surface area contributed by atoms with Crippen LogP contribution >= 0.6 is 0 Å². The molecule has 1 fully saturated rings. The number of piperidine rings is 1. The highest BCUT2D eigenvalue weighted by Gasteiger charge is 2.73. The van der Waals surface area contributed by atoms with E-state index in [1.54, 1.807) is 0 Å². The van der Waals surface area contributed by atoms with E-state index in [1.165, 1.54) is 33.3 Å². The van der Waals surface area contributed by atoms with E-state index in [0.29, 0.717) is 6.61 Å². The third-order valence-corrected chi connectivity index (χ3v) is 10.2. The van der Waals surface area contributed by atoms with Crippen molar-refractivity contribution in [3.05, 3.63) is 107 Å². The molecule has 2 aliphatic carbocycles. The normalized spacial score (nSPS) is 28.1. The van der Waals surface area contributed by atoms with Crippen LogP contribution in [0.5, 0.6) is 11.5 Å². The number of hydrogen-bond donors (Lipinski definition) is 0. The molecular formula is C34H34N2O3. The second-order valence-electron chi connectivity index (χ2n) is 11.6. The molecule has 4 aliphatic rings. The summed E-state index contributed by atoms with van der Waals surface area (Å²) in [6.45, 7) is 6.46. The van der Waals surface area contributed by atoms with Crippen LogP contribution in [0.2, 0.25) is 0 Å². The monoisotopic (exact) mass is 518 g/mol. The molecule has 0 amide bonds. The molecule has 1 spiro atoms. The Kier molecular flexibility index (Phi) is 4.93. The number of rotatable bonds is 6. The number of aryl methyl sites for hydroxylation is 1. The number of likely N-dealkylation sites (tertiary alicyclic amines) is 1. The molecule has 5 nitrogen and oxygen atoms in total. The minimum Gasteiger partial charge on any atom is -0.485 e. The van der Waals surface area contributed by atoms with E-state index in [9.17, 15) is 0 Å². The zero-order valence-electron chi connectivity index (χ0n) is 22.7. The number of ether oxygens (including phenoxy) is 3. The molecule has 2 aliphatic heterocycles. The lowest BCUT2D eigenvalue weighted by molar-refractivity contribution is -0.188. The van der Waals surface area contributed by atoms with Crippen molar-refractivity contribution in [1.29, 1.82) is 0 Å². The highest BCUT2D eigenvalue weighted by Crippen LogP contribution is 2.70. The highest BCUT2D eigenvalue weighted by molar-refractivity contribution is 5.87. The number of aromatic nitrogens is 1. The molecule has 0 unspecified atom stereocenters. The van der Waals surface area contributed by atoms with Crippen molar-refractivity contribution in [3.63, 3.8) is 0 Å². The topological polar surface area (TPSA) is 35.9 Å². The minimum atomic E-state index is -0.410. The van der Waals surface area contributed by atoms with E-state index < -0.39 is 5.60 Å². The molecule has 2 bridgehead atoms. The molecule has 39 heavy (non-hydrogen) atoms. The molecule has 3 heterocycles. The van der Waals surface area contributed by atoms with Gasteiger partial charge in [0.2, 0.25) is 0 Å². The fraction of sp³-hybridized carbons (Fsp3) is 0.353. The quantitative estimate of drug-likeness (QED) is 0.299. The number of fused-ring (bicyclic) bond motifs is 4. The standard InChI is InChI=1S/C34H34N2O3/c1-4-17-36-18-16-33-29-23-14-15-27(38-21-22-10-6-5-7-11-22)31(29)39-32(33)30-25(20-34(33,37-3)28(36)19-23)24-12-8-9-13-26(24)35(30)2/h4-15,28,32H,1,16-21H2,2-3H3/t28-,32-,33-,34+/m0/s1. The molecule has 0 radical (unpaired) electrons. The van der Waals surface area contributed by atoms with Gasteiger partial charge in [-0.05, 0) is 41.7 Å². The van der Waals surface area contributed by atoms with E-state index in [0.717, 1.165) is 49.4 Å². The Hall–Kier alpha value is -3.54. The molecule has 3 aromatic carbocycles. The van der Waals surface area contributed by atoms with Crippen molar-refractivity contribution in [2.24, 2.45) is 7.05 Å². The van der Waals surface area contributed by atoms with Gasteiger partial charge >= 0.3 is 0 Å². The Morgan fingerprint density at radius 2 is 1.90 bits per heavy atom. The average molecular weight is 519 g/mol. The minimum absolute atomic E-state index is 0.137. The van der Waals surface area contributed by atoms with Crippen molar-refractivity contribution in [2.75, 3.05) is 20.2 Å².